The summed E-state index contributed by atoms with van der Waals surface area (Å²) in [7, 11) is 3.24. The highest BCUT2D eigenvalue weighted by Gasteiger charge is 2.23. The van der Waals surface area contributed by atoms with Crippen molar-refractivity contribution in [2.75, 3.05) is 25.7 Å². The summed E-state index contributed by atoms with van der Waals surface area (Å²) in [6.45, 7) is 1.29. The standard InChI is InChI=1S/C22H20ClN5O3/c1-30-18-9-13-7-8-27(12-14(13)10-19(18)31-2)17-11-24-28(21(29)20(17)23)22-25-15-5-3-4-6-16(15)26-22/h3-6,9-11H,7-8,12H2,1-2H3,(H,25,26). The van der Waals surface area contributed by atoms with Crippen molar-refractivity contribution in [3.8, 4) is 17.4 Å². The molecule has 0 amide bonds. The number of para-hydroxylation sites is 2. The van der Waals surface area contributed by atoms with Crippen LogP contribution in [0.25, 0.3) is 17.0 Å². The van der Waals surface area contributed by atoms with Crippen LogP contribution in [0.3, 0.4) is 0 Å². The van der Waals surface area contributed by atoms with Gasteiger partial charge in [-0.15, -0.1) is 0 Å². The minimum absolute atomic E-state index is 0.111. The summed E-state index contributed by atoms with van der Waals surface area (Å²) in [5.41, 5.74) is 4.04. The Hall–Kier alpha value is -3.52. The van der Waals surface area contributed by atoms with Crippen LogP contribution in [0.15, 0.2) is 47.4 Å². The number of benzene rings is 2. The number of H-pyrrole nitrogens is 1. The second kappa shape index (κ2) is 7.63. The second-order valence-electron chi connectivity index (χ2n) is 7.29. The van der Waals surface area contributed by atoms with Gasteiger partial charge in [0.1, 0.15) is 5.02 Å². The Morgan fingerprint density at radius 1 is 1.10 bits per heavy atom. The smallest absolute Gasteiger partial charge is 0.295 e. The highest BCUT2D eigenvalue weighted by atomic mass is 35.5. The van der Waals surface area contributed by atoms with Gasteiger partial charge in [0.15, 0.2) is 11.5 Å². The molecule has 0 fully saturated rings. The molecule has 5 rings (SSSR count). The van der Waals surface area contributed by atoms with E-state index in [-0.39, 0.29) is 5.02 Å². The molecule has 1 aliphatic rings. The quantitative estimate of drug-likeness (QED) is 0.527. The lowest BCUT2D eigenvalue weighted by Gasteiger charge is -2.31. The van der Waals surface area contributed by atoms with E-state index in [4.69, 9.17) is 21.1 Å². The summed E-state index contributed by atoms with van der Waals surface area (Å²) in [5, 5.41) is 4.45. The maximum absolute atomic E-state index is 13.0. The number of ether oxygens (including phenoxy) is 2. The summed E-state index contributed by atoms with van der Waals surface area (Å²) in [4.78, 5) is 22.6. The molecule has 0 atom stereocenters. The Bertz CT molecular complexity index is 1310. The molecule has 4 aromatic rings. The van der Waals surface area contributed by atoms with Gasteiger partial charge in [0, 0.05) is 13.1 Å². The predicted octanol–water partition coefficient (Wildman–Crippen LogP) is 3.34. The number of imidazole rings is 1. The van der Waals surface area contributed by atoms with E-state index in [0.717, 1.165) is 23.0 Å². The number of aromatic nitrogens is 4. The molecule has 2 aromatic heterocycles. The van der Waals surface area contributed by atoms with Crippen LogP contribution >= 0.6 is 11.6 Å². The van der Waals surface area contributed by atoms with Crippen LogP contribution in [-0.4, -0.2) is 40.5 Å². The molecular weight excluding hydrogens is 418 g/mol. The fourth-order valence-corrected chi connectivity index (χ4v) is 4.17. The number of methoxy groups -OCH3 is 2. The first-order chi connectivity index (χ1) is 15.1. The van der Waals surface area contributed by atoms with E-state index >= 15 is 0 Å². The topological polar surface area (TPSA) is 85.3 Å². The summed E-state index contributed by atoms with van der Waals surface area (Å²) < 4.78 is 12.0. The van der Waals surface area contributed by atoms with Gasteiger partial charge in [-0.1, -0.05) is 23.7 Å². The normalized spacial score (nSPS) is 13.3. The van der Waals surface area contributed by atoms with E-state index < -0.39 is 5.56 Å². The number of hydrogen-bond acceptors (Lipinski definition) is 6. The van der Waals surface area contributed by atoms with Gasteiger partial charge in [0.05, 0.1) is 37.1 Å². The van der Waals surface area contributed by atoms with Crippen LogP contribution in [0.1, 0.15) is 11.1 Å². The van der Waals surface area contributed by atoms with Crippen molar-refractivity contribution in [3.63, 3.8) is 0 Å². The van der Waals surface area contributed by atoms with E-state index in [9.17, 15) is 4.79 Å². The summed E-state index contributed by atoms with van der Waals surface area (Å²) in [5.74, 6) is 1.72. The third-order valence-corrected chi connectivity index (χ3v) is 5.89. The molecule has 0 radical (unpaired) electrons. The molecule has 0 saturated carbocycles. The maximum Gasteiger partial charge on any atom is 0.295 e. The predicted molar refractivity (Wildman–Crippen MR) is 119 cm³/mol. The van der Waals surface area contributed by atoms with Gasteiger partial charge >= 0.3 is 0 Å². The number of nitrogens with one attached hydrogen (secondary N) is 1. The van der Waals surface area contributed by atoms with E-state index in [1.807, 2.05) is 41.3 Å². The molecule has 0 saturated heterocycles. The molecule has 3 heterocycles. The largest absolute Gasteiger partial charge is 0.493 e. The number of hydrogen-bond donors (Lipinski definition) is 1. The van der Waals surface area contributed by atoms with Crippen molar-refractivity contribution < 1.29 is 9.47 Å². The van der Waals surface area contributed by atoms with Gasteiger partial charge in [-0.25, -0.2) is 4.98 Å². The molecule has 8 nitrogen and oxygen atoms in total. The van der Waals surface area contributed by atoms with Gasteiger partial charge in [0.2, 0.25) is 5.95 Å². The Morgan fingerprint density at radius 2 is 1.84 bits per heavy atom. The Morgan fingerprint density at radius 3 is 2.58 bits per heavy atom. The Kier molecular flexibility index (Phi) is 4.78. The molecule has 9 heteroatoms. The number of rotatable bonds is 4. The second-order valence-corrected chi connectivity index (χ2v) is 7.66. The van der Waals surface area contributed by atoms with Crippen LogP contribution in [-0.2, 0) is 13.0 Å². The fourth-order valence-electron chi connectivity index (χ4n) is 3.92. The summed E-state index contributed by atoms with van der Waals surface area (Å²) >= 11 is 6.51. The van der Waals surface area contributed by atoms with Crippen LogP contribution in [0.2, 0.25) is 5.02 Å². The minimum Gasteiger partial charge on any atom is -0.493 e. The zero-order valence-electron chi connectivity index (χ0n) is 17.1. The van der Waals surface area contributed by atoms with Crippen molar-refractivity contribution >= 4 is 28.3 Å². The van der Waals surface area contributed by atoms with Crippen LogP contribution in [0.5, 0.6) is 11.5 Å². The molecule has 2 aromatic carbocycles. The summed E-state index contributed by atoms with van der Waals surface area (Å²) in [6, 6.07) is 11.5. The maximum atomic E-state index is 13.0. The molecule has 1 aliphatic heterocycles. The molecule has 0 bridgehead atoms. The monoisotopic (exact) mass is 437 g/mol. The molecule has 0 aliphatic carbocycles. The van der Waals surface area contributed by atoms with Crippen molar-refractivity contribution in [2.24, 2.45) is 0 Å². The molecule has 0 unspecified atom stereocenters. The highest BCUT2D eigenvalue weighted by Crippen LogP contribution is 2.35. The number of halogens is 1. The lowest BCUT2D eigenvalue weighted by Crippen LogP contribution is -2.33. The van der Waals surface area contributed by atoms with Gasteiger partial charge in [-0.05, 0) is 41.8 Å². The van der Waals surface area contributed by atoms with Gasteiger partial charge < -0.3 is 19.4 Å². The van der Waals surface area contributed by atoms with Gasteiger partial charge in [0.25, 0.3) is 5.56 Å². The molecule has 158 valence electrons. The van der Waals surface area contributed by atoms with Crippen molar-refractivity contribution in [1.82, 2.24) is 19.7 Å². The third kappa shape index (κ3) is 3.29. The van der Waals surface area contributed by atoms with Gasteiger partial charge in [-0.3, -0.25) is 4.79 Å². The van der Waals surface area contributed by atoms with Crippen LogP contribution in [0, 0.1) is 0 Å². The van der Waals surface area contributed by atoms with E-state index in [1.165, 1.54) is 10.2 Å². The van der Waals surface area contributed by atoms with Gasteiger partial charge in [-0.2, -0.15) is 9.78 Å². The first-order valence-electron chi connectivity index (χ1n) is 9.80. The van der Waals surface area contributed by atoms with Crippen molar-refractivity contribution in [1.29, 1.82) is 0 Å². The average molecular weight is 438 g/mol. The SMILES string of the molecule is COc1cc2c(cc1OC)CN(c1cnn(-c3nc4ccccc4[nH]3)c(=O)c1Cl)CC2. The Labute approximate surface area is 183 Å². The molecular formula is C22H20ClN5O3. The number of anilines is 1. The summed E-state index contributed by atoms with van der Waals surface area (Å²) in [6.07, 6.45) is 2.40. The van der Waals surface area contributed by atoms with Crippen LogP contribution in [0.4, 0.5) is 5.69 Å². The lowest BCUT2D eigenvalue weighted by atomic mass is 9.98. The lowest BCUT2D eigenvalue weighted by molar-refractivity contribution is 0.353. The van der Waals surface area contributed by atoms with Crippen LogP contribution < -0.4 is 19.9 Å². The Balaban J connectivity index is 1.49. The number of nitrogens with zero attached hydrogens (tertiary/aromatic N) is 4. The fraction of sp³-hybridized carbons (Fsp3) is 0.227. The average Bonchev–Trinajstić information content (AvgIpc) is 3.23. The van der Waals surface area contributed by atoms with Crippen molar-refractivity contribution in [2.45, 2.75) is 13.0 Å². The van der Waals surface area contributed by atoms with E-state index in [2.05, 4.69) is 15.1 Å². The minimum atomic E-state index is -0.420. The number of aromatic amines is 1. The zero-order chi connectivity index (χ0) is 21.5. The molecule has 31 heavy (non-hydrogen) atoms. The number of fused-ring (bicyclic) bond motifs is 2. The third-order valence-electron chi connectivity index (χ3n) is 5.54. The molecule has 1 N–H and O–H groups in total. The van der Waals surface area contributed by atoms with E-state index in [0.29, 0.717) is 36.2 Å². The first kappa shape index (κ1) is 19.4. The first-order valence-corrected chi connectivity index (χ1v) is 10.2. The highest BCUT2D eigenvalue weighted by molar-refractivity contribution is 6.33. The van der Waals surface area contributed by atoms with Crippen molar-refractivity contribution in [3.05, 3.63) is 69.1 Å². The van der Waals surface area contributed by atoms with E-state index in [1.54, 1.807) is 20.4 Å². The zero-order valence-corrected chi connectivity index (χ0v) is 17.8. The molecule has 0 spiro atoms.